The summed E-state index contributed by atoms with van der Waals surface area (Å²) in [5.41, 5.74) is 1.31. The topological polar surface area (TPSA) is 33.5 Å². The van der Waals surface area contributed by atoms with Crippen molar-refractivity contribution < 1.29 is 9.21 Å². The van der Waals surface area contributed by atoms with Gasteiger partial charge in [0.05, 0.1) is 5.56 Å². The molecule has 0 radical (unpaired) electrons. The molecule has 1 heterocycles. The number of benzene rings is 1. The van der Waals surface area contributed by atoms with E-state index in [-0.39, 0.29) is 11.9 Å². The van der Waals surface area contributed by atoms with E-state index in [1.807, 2.05) is 11.8 Å². The number of nitrogens with zero attached hydrogens (tertiary/aromatic N) is 1. The van der Waals surface area contributed by atoms with E-state index in [2.05, 4.69) is 0 Å². The zero-order chi connectivity index (χ0) is 16.7. The summed E-state index contributed by atoms with van der Waals surface area (Å²) >= 11 is 18.5. The lowest BCUT2D eigenvalue weighted by Gasteiger charge is -2.23. The van der Waals surface area contributed by atoms with E-state index in [0.717, 1.165) is 24.2 Å². The highest BCUT2D eigenvalue weighted by molar-refractivity contribution is 6.39. The van der Waals surface area contributed by atoms with Crippen LogP contribution in [0.3, 0.4) is 0 Å². The number of aryl methyl sites for hydroxylation is 2. The highest BCUT2D eigenvalue weighted by atomic mass is 35.5. The molecule has 2 aromatic rings. The molecule has 23 heavy (non-hydrogen) atoms. The fourth-order valence-corrected chi connectivity index (χ4v) is 3.58. The van der Waals surface area contributed by atoms with Gasteiger partial charge in [0.2, 0.25) is 0 Å². The van der Waals surface area contributed by atoms with Crippen LogP contribution in [0.1, 0.15) is 40.3 Å². The number of hydrogen-bond donors (Lipinski definition) is 0. The number of amides is 1. The van der Waals surface area contributed by atoms with Gasteiger partial charge in [0.25, 0.3) is 5.91 Å². The highest BCUT2D eigenvalue weighted by Crippen LogP contribution is 2.35. The summed E-state index contributed by atoms with van der Waals surface area (Å²) < 4.78 is 5.48. The summed E-state index contributed by atoms with van der Waals surface area (Å²) in [7, 11) is 0. The van der Waals surface area contributed by atoms with Crippen LogP contribution in [-0.2, 0) is 6.54 Å². The molecule has 0 bridgehead atoms. The second-order valence-corrected chi connectivity index (χ2v) is 7.09. The molecule has 1 aromatic heterocycles. The second-order valence-electron chi connectivity index (χ2n) is 5.84. The van der Waals surface area contributed by atoms with Gasteiger partial charge in [-0.25, -0.2) is 0 Å². The van der Waals surface area contributed by atoms with E-state index in [0.29, 0.717) is 32.9 Å². The van der Waals surface area contributed by atoms with Gasteiger partial charge >= 0.3 is 0 Å². The Bertz CT molecular complexity index is 742. The van der Waals surface area contributed by atoms with Crippen molar-refractivity contribution in [1.82, 2.24) is 4.90 Å². The quantitative estimate of drug-likeness (QED) is 0.693. The van der Waals surface area contributed by atoms with E-state index < -0.39 is 0 Å². The van der Waals surface area contributed by atoms with Crippen LogP contribution in [0.25, 0.3) is 0 Å². The third kappa shape index (κ3) is 3.52. The molecule has 1 amide bonds. The largest absolute Gasteiger partial charge is 0.466 e. The normalized spacial score (nSPS) is 14.1. The maximum absolute atomic E-state index is 12.9. The number of hydrogen-bond acceptors (Lipinski definition) is 2. The minimum Gasteiger partial charge on any atom is -0.466 e. The molecule has 6 heteroatoms. The summed E-state index contributed by atoms with van der Waals surface area (Å²) in [4.78, 5) is 14.7. The predicted octanol–water partition coefficient (Wildman–Crippen LogP) is 5.66. The lowest BCUT2D eigenvalue weighted by molar-refractivity contribution is 0.0728. The average Bonchev–Trinajstić information content (AvgIpc) is 3.22. The molecule has 1 aliphatic rings. The van der Waals surface area contributed by atoms with Crippen LogP contribution in [0.5, 0.6) is 0 Å². The standard InChI is InChI=1S/C17H16Cl3NO2/c1-9-5-13(10(2)23-9)17(22)21(12-3-4-12)8-14-15(19)6-11(18)7-16(14)20/h5-7,12H,3-4,8H2,1-2H3. The van der Waals surface area contributed by atoms with Crippen LogP contribution in [0.2, 0.25) is 15.1 Å². The summed E-state index contributed by atoms with van der Waals surface area (Å²) in [6.45, 7) is 3.99. The molecule has 3 nitrogen and oxygen atoms in total. The number of carbonyl (C=O) groups is 1. The Morgan fingerprint density at radius 1 is 1.17 bits per heavy atom. The Balaban J connectivity index is 1.92. The molecular formula is C17H16Cl3NO2. The molecule has 1 aliphatic carbocycles. The monoisotopic (exact) mass is 371 g/mol. The molecule has 0 saturated heterocycles. The van der Waals surface area contributed by atoms with Gasteiger partial charge in [0.1, 0.15) is 11.5 Å². The first kappa shape index (κ1) is 16.7. The predicted molar refractivity (Wildman–Crippen MR) is 92.5 cm³/mol. The van der Waals surface area contributed by atoms with Gasteiger partial charge in [-0.1, -0.05) is 34.8 Å². The van der Waals surface area contributed by atoms with Crippen molar-refractivity contribution in [3.8, 4) is 0 Å². The lowest BCUT2D eigenvalue weighted by Crippen LogP contribution is -2.33. The van der Waals surface area contributed by atoms with Crippen LogP contribution in [0.4, 0.5) is 0 Å². The third-order valence-electron chi connectivity index (χ3n) is 3.95. The molecule has 0 unspecified atom stereocenters. The Hall–Kier alpha value is -1.16. The van der Waals surface area contributed by atoms with E-state index in [1.54, 1.807) is 25.1 Å². The first-order valence-electron chi connectivity index (χ1n) is 7.38. The molecule has 3 rings (SSSR count). The molecule has 0 atom stereocenters. The first-order chi connectivity index (χ1) is 10.9. The molecule has 0 N–H and O–H groups in total. The average molecular weight is 373 g/mol. The molecular weight excluding hydrogens is 357 g/mol. The summed E-state index contributed by atoms with van der Waals surface area (Å²) in [6.07, 6.45) is 1.98. The number of carbonyl (C=O) groups excluding carboxylic acids is 1. The van der Waals surface area contributed by atoms with E-state index in [9.17, 15) is 4.79 Å². The minimum absolute atomic E-state index is 0.0519. The third-order valence-corrected chi connectivity index (χ3v) is 4.85. The van der Waals surface area contributed by atoms with Gasteiger partial charge in [-0.05, 0) is 44.9 Å². The fraction of sp³-hybridized carbons (Fsp3) is 0.353. The van der Waals surface area contributed by atoms with Crippen LogP contribution in [-0.4, -0.2) is 16.8 Å². The van der Waals surface area contributed by atoms with Crippen molar-refractivity contribution in [3.05, 3.63) is 55.9 Å². The van der Waals surface area contributed by atoms with Crippen LogP contribution < -0.4 is 0 Å². The molecule has 1 aromatic carbocycles. The van der Waals surface area contributed by atoms with Gasteiger partial charge in [-0.15, -0.1) is 0 Å². The first-order valence-corrected chi connectivity index (χ1v) is 8.51. The zero-order valence-electron chi connectivity index (χ0n) is 12.8. The summed E-state index contributed by atoms with van der Waals surface area (Å²) in [6, 6.07) is 5.29. The van der Waals surface area contributed by atoms with Gasteiger partial charge in [0, 0.05) is 33.2 Å². The zero-order valence-corrected chi connectivity index (χ0v) is 15.1. The van der Waals surface area contributed by atoms with Gasteiger partial charge in [-0.3, -0.25) is 4.79 Å². The van der Waals surface area contributed by atoms with Crippen molar-refractivity contribution in [3.63, 3.8) is 0 Å². The van der Waals surface area contributed by atoms with Crippen molar-refractivity contribution in [2.75, 3.05) is 0 Å². The van der Waals surface area contributed by atoms with Crippen LogP contribution in [0.15, 0.2) is 22.6 Å². The van der Waals surface area contributed by atoms with Gasteiger partial charge < -0.3 is 9.32 Å². The Morgan fingerprint density at radius 3 is 2.26 bits per heavy atom. The molecule has 0 aliphatic heterocycles. The van der Waals surface area contributed by atoms with Crippen molar-refractivity contribution in [2.24, 2.45) is 0 Å². The van der Waals surface area contributed by atoms with Crippen molar-refractivity contribution in [1.29, 1.82) is 0 Å². The minimum atomic E-state index is -0.0519. The van der Waals surface area contributed by atoms with Gasteiger partial charge in [0.15, 0.2) is 0 Å². The van der Waals surface area contributed by atoms with E-state index in [1.165, 1.54) is 0 Å². The van der Waals surface area contributed by atoms with Crippen LogP contribution in [0, 0.1) is 13.8 Å². The molecule has 0 spiro atoms. The number of rotatable bonds is 4. The van der Waals surface area contributed by atoms with Crippen molar-refractivity contribution >= 4 is 40.7 Å². The van der Waals surface area contributed by atoms with Crippen molar-refractivity contribution in [2.45, 2.75) is 39.3 Å². The Morgan fingerprint density at radius 2 is 1.78 bits per heavy atom. The smallest absolute Gasteiger partial charge is 0.257 e. The molecule has 122 valence electrons. The molecule has 1 saturated carbocycles. The van der Waals surface area contributed by atoms with Gasteiger partial charge in [-0.2, -0.15) is 0 Å². The summed E-state index contributed by atoms with van der Waals surface area (Å²) in [5.74, 6) is 1.31. The van der Waals surface area contributed by atoms with E-state index in [4.69, 9.17) is 39.2 Å². The maximum atomic E-state index is 12.9. The Labute approximate surface area is 150 Å². The number of furan rings is 1. The second kappa shape index (κ2) is 6.39. The SMILES string of the molecule is Cc1cc(C(=O)N(Cc2c(Cl)cc(Cl)cc2Cl)C2CC2)c(C)o1. The van der Waals surface area contributed by atoms with E-state index >= 15 is 0 Å². The Kier molecular flexibility index (Phi) is 4.63. The fourth-order valence-electron chi connectivity index (χ4n) is 2.64. The number of halogens is 3. The maximum Gasteiger partial charge on any atom is 0.257 e. The highest BCUT2D eigenvalue weighted by Gasteiger charge is 2.35. The lowest BCUT2D eigenvalue weighted by atomic mass is 10.1. The summed E-state index contributed by atoms with van der Waals surface area (Å²) in [5, 5.41) is 1.43. The van der Waals surface area contributed by atoms with Crippen LogP contribution >= 0.6 is 34.8 Å². The molecule has 1 fully saturated rings.